The van der Waals surface area contributed by atoms with Gasteiger partial charge in [-0.1, -0.05) is 6.92 Å². The number of carbonyl (C=O) groups is 2. The van der Waals surface area contributed by atoms with Gasteiger partial charge in [-0.15, -0.1) is 11.6 Å². The molecular weight excluding hydrogens is 338 g/mol. The van der Waals surface area contributed by atoms with Gasteiger partial charge in [-0.05, 0) is 82.0 Å². The molecule has 5 fully saturated rings. The monoisotopic (exact) mass is 367 g/mol. The van der Waals surface area contributed by atoms with Gasteiger partial charge < -0.3 is 10.1 Å². The average Bonchev–Trinajstić information content (AvgIpc) is 2.52. The fourth-order valence-electron chi connectivity index (χ4n) is 6.35. The molecule has 2 unspecified atom stereocenters. The second-order valence-corrected chi connectivity index (χ2v) is 10.3. The first-order chi connectivity index (χ1) is 11.9. The fraction of sp³-hybridized carbons (Fsp3) is 0.900. The molecule has 5 saturated carbocycles. The number of carbonyl (C=O) groups excluding carboxylic acids is 2. The maximum atomic E-state index is 12.8. The summed E-state index contributed by atoms with van der Waals surface area (Å²) in [5.41, 5.74) is -0.424. The zero-order chi connectivity index (χ0) is 17.7. The first-order valence-electron chi connectivity index (χ1n) is 10.0. The molecule has 4 atom stereocenters. The van der Waals surface area contributed by atoms with Crippen LogP contribution in [0.1, 0.15) is 71.1 Å². The van der Waals surface area contributed by atoms with Crippen molar-refractivity contribution < 1.29 is 14.3 Å². The van der Waals surface area contributed by atoms with Gasteiger partial charge in [0.1, 0.15) is 0 Å². The van der Waals surface area contributed by atoms with Crippen LogP contribution in [0.15, 0.2) is 0 Å². The third-order valence-electron chi connectivity index (χ3n) is 7.14. The zero-order valence-corrected chi connectivity index (χ0v) is 15.9. The maximum Gasteiger partial charge on any atom is 0.312 e. The van der Waals surface area contributed by atoms with E-state index >= 15 is 0 Å². The minimum atomic E-state index is -0.424. The lowest BCUT2D eigenvalue weighted by Gasteiger charge is -2.58. The fourth-order valence-corrected chi connectivity index (χ4v) is 7.04. The van der Waals surface area contributed by atoms with E-state index in [1.54, 1.807) is 0 Å². The van der Waals surface area contributed by atoms with E-state index in [0.29, 0.717) is 11.8 Å². The normalized spacial score (nSPS) is 45.2. The number of halogens is 1. The van der Waals surface area contributed by atoms with Crippen LogP contribution in [0.5, 0.6) is 0 Å². The summed E-state index contributed by atoms with van der Waals surface area (Å²) in [4.78, 5) is 24.8. The van der Waals surface area contributed by atoms with Crippen molar-refractivity contribution in [2.45, 2.75) is 82.0 Å². The molecule has 0 heterocycles. The van der Waals surface area contributed by atoms with Crippen molar-refractivity contribution in [3.8, 4) is 0 Å². The molecule has 5 heteroatoms. The largest absolute Gasteiger partial charge is 0.455 e. The lowest BCUT2D eigenvalue weighted by atomic mass is 9.49. The molecular formula is C20H30ClNO3. The standard InChI is InChI=1S/C20H30ClNO3/c1-13-2-4-16(5-3-13)22-17(23)11-25-18(24)19-7-14-6-15(8-19)10-20(21,9-14)12-19/h13-16H,2-12H2,1H3,(H,22,23)/t13?,14-,15+,16?,19?,20?. The molecule has 1 amide bonds. The second kappa shape index (κ2) is 6.44. The number of ether oxygens (including phenoxy) is 1. The highest BCUT2D eigenvalue weighted by atomic mass is 35.5. The van der Waals surface area contributed by atoms with Crippen LogP contribution in [-0.2, 0) is 14.3 Å². The van der Waals surface area contributed by atoms with Gasteiger partial charge >= 0.3 is 5.97 Å². The topological polar surface area (TPSA) is 55.4 Å². The van der Waals surface area contributed by atoms with Crippen molar-refractivity contribution in [1.82, 2.24) is 5.32 Å². The van der Waals surface area contributed by atoms with Gasteiger partial charge in [0.25, 0.3) is 5.91 Å². The second-order valence-electron chi connectivity index (χ2n) is 9.49. The van der Waals surface area contributed by atoms with E-state index in [0.717, 1.165) is 63.7 Å². The van der Waals surface area contributed by atoms with Crippen LogP contribution >= 0.6 is 11.6 Å². The molecule has 0 aromatic carbocycles. The van der Waals surface area contributed by atoms with Crippen molar-refractivity contribution in [3.05, 3.63) is 0 Å². The van der Waals surface area contributed by atoms with Crippen LogP contribution in [0.2, 0.25) is 0 Å². The molecule has 25 heavy (non-hydrogen) atoms. The van der Waals surface area contributed by atoms with Gasteiger partial charge in [-0.25, -0.2) is 0 Å². The van der Waals surface area contributed by atoms with Crippen LogP contribution in [0, 0.1) is 23.2 Å². The minimum Gasteiger partial charge on any atom is -0.455 e. The summed E-state index contributed by atoms with van der Waals surface area (Å²) in [6.45, 7) is 2.12. The van der Waals surface area contributed by atoms with E-state index in [2.05, 4.69) is 12.2 Å². The van der Waals surface area contributed by atoms with E-state index < -0.39 is 5.41 Å². The Hall–Kier alpha value is -0.770. The Morgan fingerprint density at radius 2 is 1.72 bits per heavy atom. The molecule has 0 aromatic rings. The molecule has 0 aliphatic heterocycles. The Morgan fingerprint density at radius 1 is 1.08 bits per heavy atom. The Kier molecular flexibility index (Phi) is 4.54. The van der Waals surface area contributed by atoms with Gasteiger partial charge in [0.15, 0.2) is 6.61 Å². The highest BCUT2D eigenvalue weighted by Gasteiger charge is 2.60. The van der Waals surface area contributed by atoms with Gasteiger partial charge in [-0.2, -0.15) is 0 Å². The molecule has 4 nitrogen and oxygen atoms in total. The molecule has 5 rings (SSSR count). The maximum absolute atomic E-state index is 12.8. The number of esters is 1. The highest BCUT2D eigenvalue weighted by Crippen LogP contribution is 2.64. The number of rotatable bonds is 4. The SMILES string of the molecule is CC1CCC(NC(=O)COC(=O)C23C[C@@H]4C[C@@H](CC(Cl)(C4)C2)C3)CC1. The van der Waals surface area contributed by atoms with Crippen LogP contribution in [0.4, 0.5) is 0 Å². The first-order valence-corrected chi connectivity index (χ1v) is 10.4. The van der Waals surface area contributed by atoms with E-state index in [9.17, 15) is 9.59 Å². The van der Waals surface area contributed by atoms with Crippen molar-refractivity contribution in [2.75, 3.05) is 6.61 Å². The minimum absolute atomic E-state index is 0.142. The van der Waals surface area contributed by atoms with Crippen molar-refractivity contribution in [1.29, 1.82) is 0 Å². The van der Waals surface area contributed by atoms with E-state index in [1.165, 1.54) is 6.42 Å². The molecule has 0 spiro atoms. The quantitative estimate of drug-likeness (QED) is 0.607. The summed E-state index contributed by atoms with van der Waals surface area (Å²) < 4.78 is 5.49. The van der Waals surface area contributed by atoms with Crippen molar-refractivity contribution >= 4 is 23.5 Å². The van der Waals surface area contributed by atoms with Crippen molar-refractivity contribution in [2.24, 2.45) is 23.2 Å². The smallest absolute Gasteiger partial charge is 0.312 e. The van der Waals surface area contributed by atoms with E-state index in [4.69, 9.17) is 16.3 Å². The summed E-state index contributed by atoms with van der Waals surface area (Å²) in [6, 6.07) is 0.244. The summed E-state index contributed by atoms with van der Waals surface area (Å²) in [7, 11) is 0. The number of hydrogen-bond acceptors (Lipinski definition) is 3. The summed E-state index contributed by atoms with van der Waals surface area (Å²) in [5.74, 6) is 1.54. The first kappa shape index (κ1) is 17.6. The predicted molar refractivity (Wildman–Crippen MR) is 96.2 cm³/mol. The van der Waals surface area contributed by atoms with Crippen LogP contribution in [0.25, 0.3) is 0 Å². The van der Waals surface area contributed by atoms with Crippen LogP contribution in [-0.4, -0.2) is 29.4 Å². The number of nitrogens with one attached hydrogen (secondary N) is 1. The van der Waals surface area contributed by atoms with E-state index in [1.807, 2.05) is 0 Å². The van der Waals surface area contributed by atoms with Crippen LogP contribution in [0.3, 0.4) is 0 Å². The molecule has 0 saturated heterocycles. The zero-order valence-electron chi connectivity index (χ0n) is 15.2. The highest BCUT2D eigenvalue weighted by molar-refractivity contribution is 6.24. The molecule has 5 aliphatic carbocycles. The molecule has 4 bridgehead atoms. The third kappa shape index (κ3) is 3.56. The Morgan fingerprint density at radius 3 is 2.32 bits per heavy atom. The van der Waals surface area contributed by atoms with Gasteiger partial charge in [0.05, 0.1) is 5.41 Å². The van der Waals surface area contributed by atoms with E-state index in [-0.39, 0.29) is 29.4 Å². The van der Waals surface area contributed by atoms with Crippen LogP contribution < -0.4 is 5.32 Å². The molecule has 5 aliphatic rings. The van der Waals surface area contributed by atoms with Gasteiger partial charge in [-0.3, -0.25) is 9.59 Å². The Labute approximate surface area is 155 Å². The number of hydrogen-bond donors (Lipinski definition) is 1. The number of alkyl halides is 1. The molecule has 0 aromatic heterocycles. The molecule has 140 valence electrons. The lowest BCUT2D eigenvalue weighted by Crippen LogP contribution is -2.56. The lowest BCUT2D eigenvalue weighted by molar-refractivity contribution is -0.171. The summed E-state index contributed by atoms with van der Waals surface area (Å²) >= 11 is 6.78. The molecule has 1 N–H and O–H groups in total. The van der Waals surface area contributed by atoms with Crippen molar-refractivity contribution in [3.63, 3.8) is 0 Å². The Bertz CT molecular complexity index is 541. The Balaban J connectivity index is 1.30. The molecule has 0 radical (unpaired) electrons. The summed E-state index contributed by atoms with van der Waals surface area (Å²) in [5, 5.41) is 3.03. The number of amides is 1. The third-order valence-corrected chi connectivity index (χ3v) is 7.58. The summed E-state index contributed by atoms with van der Waals surface area (Å²) in [6.07, 6.45) is 10.2. The average molecular weight is 368 g/mol. The van der Waals surface area contributed by atoms with Gasteiger partial charge in [0, 0.05) is 10.9 Å². The predicted octanol–water partition coefficient (Wildman–Crippen LogP) is 3.80. The van der Waals surface area contributed by atoms with Gasteiger partial charge in [0.2, 0.25) is 0 Å².